The standard InChI is InChI=1S/C23H25N7O4/c1-34-8-6-25-18-10-20(27-12-15(18)11-24)29-23(33)30-7-2-3-14-9-17(16-4-5-26-22(16)32)19(13-31)28-21(14)30/h9-10,12-13,16H,2-8H2,1H3,(H,26,32)(H2,25,27,29,33). The summed E-state index contributed by atoms with van der Waals surface area (Å²) in [6.07, 6.45) is 4.02. The molecule has 1 atom stereocenters. The number of ether oxygens (including phenoxy) is 1. The highest BCUT2D eigenvalue weighted by atomic mass is 16.5. The molecular formula is C23H25N7O4. The maximum absolute atomic E-state index is 13.1. The molecule has 2 aromatic heterocycles. The average molecular weight is 463 g/mol. The first-order chi connectivity index (χ1) is 16.5. The van der Waals surface area contributed by atoms with Gasteiger partial charge in [0, 0.05) is 39.0 Å². The molecule has 4 heterocycles. The predicted octanol–water partition coefficient (Wildman–Crippen LogP) is 1.81. The Morgan fingerprint density at radius 2 is 2.29 bits per heavy atom. The van der Waals surface area contributed by atoms with Gasteiger partial charge in [-0.05, 0) is 36.5 Å². The lowest BCUT2D eigenvalue weighted by molar-refractivity contribution is -0.120. The second-order valence-electron chi connectivity index (χ2n) is 8.03. The number of nitriles is 1. The number of aldehydes is 1. The lowest BCUT2D eigenvalue weighted by Gasteiger charge is -2.29. The van der Waals surface area contributed by atoms with Gasteiger partial charge in [-0.3, -0.25) is 19.8 Å². The third kappa shape index (κ3) is 4.67. The number of carbonyl (C=O) groups excluding carboxylic acids is 3. The number of rotatable bonds is 7. The summed E-state index contributed by atoms with van der Waals surface area (Å²) in [6.45, 7) is 1.92. The number of anilines is 3. The number of methoxy groups -OCH3 is 1. The zero-order chi connectivity index (χ0) is 24.1. The van der Waals surface area contributed by atoms with Gasteiger partial charge in [0.1, 0.15) is 23.4 Å². The van der Waals surface area contributed by atoms with E-state index in [1.807, 2.05) is 6.07 Å². The zero-order valence-electron chi connectivity index (χ0n) is 18.8. The van der Waals surface area contributed by atoms with Gasteiger partial charge in [0.2, 0.25) is 5.91 Å². The molecule has 0 aromatic carbocycles. The molecule has 3 amide bonds. The van der Waals surface area contributed by atoms with Gasteiger partial charge in [-0.15, -0.1) is 0 Å². The van der Waals surface area contributed by atoms with Gasteiger partial charge in [-0.1, -0.05) is 0 Å². The highest BCUT2D eigenvalue weighted by Crippen LogP contribution is 2.33. The zero-order valence-corrected chi connectivity index (χ0v) is 18.8. The quantitative estimate of drug-likeness (QED) is 0.416. The Hall–Kier alpha value is -4.04. The number of carbonyl (C=O) groups is 3. The van der Waals surface area contributed by atoms with Gasteiger partial charge >= 0.3 is 6.03 Å². The molecule has 3 N–H and O–H groups in total. The fourth-order valence-electron chi connectivity index (χ4n) is 4.21. The van der Waals surface area contributed by atoms with Gasteiger partial charge in [0.25, 0.3) is 0 Å². The second kappa shape index (κ2) is 10.3. The second-order valence-corrected chi connectivity index (χ2v) is 8.03. The molecule has 4 rings (SSSR count). The van der Waals surface area contributed by atoms with E-state index in [0.717, 1.165) is 5.56 Å². The Morgan fingerprint density at radius 3 is 3.00 bits per heavy atom. The summed E-state index contributed by atoms with van der Waals surface area (Å²) in [5.74, 6) is 0.150. The van der Waals surface area contributed by atoms with Crippen molar-refractivity contribution in [2.75, 3.05) is 48.9 Å². The maximum Gasteiger partial charge on any atom is 0.328 e. The van der Waals surface area contributed by atoms with Crippen molar-refractivity contribution in [3.05, 3.63) is 40.7 Å². The first-order valence-corrected chi connectivity index (χ1v) is 11.0. The van der Waals surface area contributed by atoms with Crippen LogP contribution in [0.5, 0.6) is 0 Å². The van der Waals surface area contributed by atoms with E-state index in [4.69, 9.17) is 4.74 Å². The van der Waals surface area contributed by atoms with Gasteiger partial charge in [-0.25, -0.2) is 14.8 Å². The molecule has 1 unspecified atom stereocenters. The molecule has 0 saturated carbocycles. The highest BCUT2D eigenvalue weighted by Gasteiger charge is 2.32. The summed E-state index contributed by atoms with van der Waals surface area (Å²) in [5, 5.41) is 17.9. The van der Waals surface area contributed by atoms with Crippen LogP contribution >= 0.6 is 0 Å². The number of pyridine rings is 2. The van der Waals surface area contributed by atoms with E-state index in [0.29, 0.717) is 74.4 Å². The Bertz CT molecular complexity index is 1160. The molecule has 1 saturated heterocycles. The van der Waals surface area contributed by atoms with E-state index in [2.05, 4.69) is 32.0 Å². The molecule has 0 aliphatic carbocycles. The van der Waals surface area contributed by atoms with Crippen LogP contribution in [0.25, 0.3) is 0 Å². The van der Waals surface area contributed by atoms with Crippen LogP contribution in [0.15, 0.2) is 18.3 Å². The van der Waals surface area contributed by atoms with Crippen molar-refractivity contribution in [1.29, 1.82) is 5.26 Å². The van der Waals surface area contributed by atoms with Crippen molar-refractivity contribution in [3.8, 4) is 6.07 Å². The number of aryl methyl sites for hydroxylation is 1. The third-order valence-electron chi connectivity index (χ3n) is 5.88. The normalized spacial score (nSPS) is 16.9. The molecule has 11 heteroatoms. The van der Waals surface area contributed by atoms with Crippen molar-refractivity contribution in [2.24, 2.45) is 0 Å². The Balaban J connectivity index is 1.58. The fraction of sp³-hybridized carbons (Fsp3) is 0.391. The topological polar surface area (TPSA) is 149 Å². The van der Waals surface area contributed by atoms with Crippen LogP contribution in [0.1, 0.15) is 45.9 Å². The molecule has 0 bridgehead atoms. The lowest BCUT2D eigenvalue weighted by atomic mass is 9.92. The maximum atomic E-state index is 13.1. The summed E-state index contributed by atoms with van der Waals surface area (Å²) in [5.41, 5.74) is 2.47. The van der Waals surface area contributed by atoms with E-state index < -0.39 is 11.9 Å². The van der Waals surface area contributed by atoms with Crippen LogP contribution < -0.4 is 20.9 Å². The number of amides is 3. The van der Waals surface area contributed by atoms with Crippen molar-refractivity contribution in [2.45, 2.75) is 25.2 Å². The monoisotopic (exact) mass is 463 g/mol. The Labute approximate surface area is 196 Å². The van der Waals surface area contributed by atoms with Gasteiger partial charge < -0.3 is 15.4 Å². The number of nitrogens with zero attached hydrogens (tertiary/aromatic N) is 4. The number of aromatic nitrogens is 2. The summed E-state index contributed by atoms with van der Waals surface area (Å²) < 4.78 is 5.02. The fourth-order valence-corrected chi connectivity index (χ4v) is 4.21. The molecule has 2 aliphatic rings. The van der Waals surface area contributed by atoms with Crippen molar-refractivity contribution < 1.29 is 19.1 Å². The first kappa shape index (κ1) is 23.1. The van der Waals surface area contributed by atoms with E-state index in [-0.39, 0.29) is 17.4 Å². The third-order valence-corrected chi connectivity index (χ3v) is 5.88. The van der Waals surface area contributed by atoms with Crippen molar-refractivity contribution in [3.63, 3.8) is 0 Å². The van der Waals surface area contributed by atoms with E-state index in [1.54, 1.807) is 13.2 Å². The summed E-state index contributed by atoms with van der Waals surface area (Å²) in [7, 11) is 1.58. The summed E-state index contributed by atoms with van der Waals surface area (Å²) >= 11 is 0. The largest absolute Gasteiger partial charge is 0.383 e. The van der Waals surface area contributed by atoms with Crippen LogP contribution in [-0.2, 0) is 16.0 Å². The molecule has 1 fully saturated rings. The molecule has 11 nitrogen and oxygen atoms in total. The molecule has 2 aliphatic heterocycles. The Morgan fingerprint density at radius 1 is 1.44 bits per heavy atom. The van der Waals surface area contributed by atoms with Crippen molar-refractivity contribution in [1.82, 2.24) is 15.3 Å². The smallest absolute Gasteiger partial charge is 0.328 e. The summed E-state index contributed by atoms with van der Waals surface area (Å²) in [6, 6.07) is 5.03. The minimum absolute atomic E-state index is 0.114. The molecule has 0 spiro atoms. The average Bonchev–Trinajstić information content (AvgIpc) is 3.28. The minimum atomic E-state index is -0.447. The molecule has 2 aromatic rings. The number of fused-ring (bicyclic) bond motifs is 1. The number of hydrogen-bond donors (Lipinski definition) is 3. The van der Waals surface area contributed by atoms with Crippen LogP contribution in [0.2, 0.25) is 0 Å². The number of hydrogen-bond acceptors (Lipinski definition) is 8. The van der Waals surface area contributed by atoms with E-state index >= 15 is 0 Å². The van der Waals surface area contributed by atoms with Crippen LogP contribution in [0, 0.1) is 11.3 Å². The van der Waals surface area contributed by atoms with Crippen LogP contribution in [0.4, 0.5) is 22.1 Å². The van der Waals surface area contributed by atoms with E-state index in [1.165, 1.54) is 11.1 Å². The SMILES string of the molecule is COCCNc1cc(NC(=O)N2CCCc3cc(C4CCNC4=O)c(C=O)nc32)ncc1C#N. The Kier molecular flexibility index (Phi) is 6.98. The predicted molar refractivity (Wildman–Crippen MR) is 124 cm³/mol. The van der Waals surface area contributed by atoms with Gasteiger partial charge in [0.05, 0.1) is 23.8 Å². The highest BCUT2D eigenvalue weighted by molar-refractivity contribution is 6.02. The molecular weight excluding hydrogens is 438 g/mol. The van der Waals surface area contributed by atoms with Crippen LogP contribution in [-0.4, -0.2) is 61.5 Å². The van der Waals surface area contributed by atoms with Gasteiger partial charge in [-0.2, -0.15) is 5.26 Å². The summed E-state index contributed by atoms with van der Waals surface area (Å²) in [4.78, 5) is 47.2. The van der Waals surface area contributed by atoms with Crippen molar-refractivity contribution >= 4 is 35.5 Å². The molecule has 176 valence electrons. The number of nitrogens with one attached hydrogen (secondary N) is 3. The first-order valence-electron chi connectivity index (χ1n) is 11.0. The van der Waals surface area contributed by atoms with Gasteiger partial charge in [0.15, 0.2) is 6.29 Å². The molecule has 0 radical (unpaired) electrons. The molecule has 34 heavy (non-hydrogen) atoms. The minimum Gasteiger partial charge on any atom is -0.383 e. The van der Waals surface area contributed by atoms with E-state index in [9.17, 15) is 19.6 Å². The van der Waals surface area contributed by atoms with Crippen LogP contribution in [0.3, 0.4) is 0 Å². The lowest BCUT2D eigenvalue weighted by Crippen LogP contribution is -2.40. The number of urea groups is 1.